The summed E-state index contributed by atoms with van der Waals surface area (Å²) >= 11 is 1.57. The zero-order valence-electron chi connectivity index (χ0n) is 18.6. The van der Waals surface area contributed by atoms with Crippen molar-refractivity contribution in [1.82, 2.24) is 15.0 Å². The fourth-order valence-electron chi connectivity index (χ4n) is 3.63. The van der Waals surface area contributed by atoms with Gasteiger partial charge in [-0.3, -0.25) is 0 Å². The maximum Gasteiger partial charge on any atom is 0.186 e. The van der Waals surface area contributed by atoms with Gasteiger partial charge in [-0.1, -0.05) is 13.8 Å². The number of ether oxygens (including phenoxy) is 2. The summed E-state index contributed by atoms with van der Waals surface area (Å²) < 4.78 is 38.7. The van der Waals surface area contributed by atoms with E-state index in [9.17, 15) is 8.78 Å². The second-order valence-electron chi connectivity index (χ2n) is 6.91. The minimum atomic E-state index is -0.749. The average Bonchev–Trinajstić information content (AvgIpc) is 3.48. The number of aromatic amines is 1. The predicted octanol–water partition coefficient (Wildman–Crippen LogP) is 4.68. The zero-order chi connectivity index (χ0) is 22.7. The number of rotatable bonds is 4. The van der Waals surface area contributed by atoms with Gasteiger partial charge in [0.15, 0.2) is 16.7 Å². The third-order valence-electron chi connectivity index (χ3n) is 5.10. The lowest BCUT2D eigenvalue weighted by Gasteiger charge is -2.26. The number of thiazole rings is 1. The number of anilines is 1. The second-order valence-corrected chi connectivity index (χ2v) is 7.74. The SMILES string of the molecule is CC.COc1c(F)cc(F)cc1-c1c[nH]c2ncc(-c3csc(N4CCOCC4)n3)cc12.O. The molecule has 5 rings (SSSR count). The number of nitrogens with zero attached hydrogens (tertiary/aromatic N) is 3. The van der Waals surface area contributed by atoms with Crippen molar-refractivity contribution in [2.75, 3.05) is 38.3 Å². The van der Waals surface area contributed by atoms with Crippen molar-refractivity contribution < 1.29 is 23.7 Å². The summed E-state index contributed by atoms with van der Waals surface area (Å²) in [6.07, 6.45) is 3.42. The molecular weight excluding hydrogens is 450 g/mol. The molecule has 0 unspecified atom stereocenters. The zero-order valence-corrected chi connectivity index (χ0v) is 19.4. The smallest absolute Gasteiger partial charge is 0.186 e. The molecule has 1 aliphatic heterocycles. The quantitative estimate of drug-likeness (QED) is 0.462. The van der Waals surface area contributed by atoms with Gasteiger partial charge in [-0.05, 0) is 12.1 Å². The Morgan fingerprint density at radius 2 is 1.88 bits per heavy atom. The molecule has 3 aromatic heterocycles. The number of hydrogen-bond acceptors (Lipinski definition) is 6. The van der Waals surface area contributed by atoms with E-state index in [-0.39, 0.29) is 11.2 Å². The number of pyridine rings is 1. The van der Waals surface area contributed by atoms with E-state index in [4.69, 9.17) is 14.5 Å². The van der Waals surface area contributed by atoms with Gasteiger partial charge in [0.1, 0.15) is 11.5 Å². The molecule has 1 aromatic carbocycles. The van der Waals surface area contributed by atoms with Crippen LogP contribution in [0.3, 0.4) is 0 Å². The van der Waals surface area contributed by atoms with Crippen molar-refractivity contribution in [3.8, 4) is 28.1 Å². The summed E-state index contributed by atoms with van der Waals surface area (Å²) in [6.45, 7) is 7.02. The number of hydrogen-bond donors (Lipinski definition) is 1. The van der Waals surface area contributed by atoms with Crippen LogP contribution in [0.1, 0.15) is 13.8 Å². The molecule has 1 aliphatic rings. The molecule has 3 N–H and O–H groups in total. The third kappa shape index (κ3) is 4.82. The molecule has 0 amide bonds. The first-order valence-corrected chi connectivity index (χ1v) is 11.3. The summed E-state index contributed by atoms with van der Waals surface area (Å²) in [5, 5.41) is 3.66. The maximum absolute atomic E-state index is 14.2. The van der Waals surface area contributed by atoms with E-state index in [1.165, 1.54) is 13.2 Å². The number of H-pyrrole nitrogens is 1. The first-order chi connectivity index (χ1) is 15.6. The molecule has 10 heteroatoms. The average molecular weight is 477 g/mol. The van der Waals surface area contributed by atoms with Crippen molar-refractivity contribution in [2.24, 2.45) is 0 Å². The summed E-state index contributed by atoms with van der Waals surface area (Å²) in [7, 11) is 1.36. The molecule has 4 aromatic rings. The Morgan fingerprint density at radius 1 is 1.12 bits per heavy atom. The van der Waals surface area contributed by atoms with Crippen LogP contribution in [0.2, 0.25) is 0 Å². The largest absolute Gasteiger partial charge is 0.493 e. The molecule has 0 radical (unpaired) electrons. The fourth-order valence-corrected chi connectivity index (χ4v) is 4.52. The topological polar surface area (TPSA) is 94.8 Å². The van der Waals surface area contributed by atoms with E-state index in [1.54, 1.807) is 23.7 Å². The monoisotopic (exact) mass is 476 g/mol. The minimum Gasteiger partial charge on any atom is -0.493 e. The van der Waals surface area contributed by atoms with Crippen molar-refractivity contribution in [1.29, 1.82) is 0 Å². The highest BCUT2D eigenvalue weighted by Gasteiger charge is 2.19. The molecule has 33 heavy (non-hydrogen) atoms. The fraction of sp³-hybridized carbons (Fsp3) is 0.304. The Bertz CT molecular complexity index is 1220. The van der Waals surface area contributed by atoms with E-state index >= 15 is 0 Å². The lowest BCUT2D eigenvalue weighted by molar-refractivity contribution is 0.122. The molecule has 4 heterocycles. The number of halogens is 2. The molecule has 0 aliphatic carbocycles. The van der Waals surface area contributed by atoms with Gasteiger partial charge in [0.25, 0.3) is 0 Å². The number of nitrogens with one attached hydrogen (secondary N) is 1. The molecule has 0 bridgehead atoms. The Hall–Kier alpha value is -3.08. The van der Waals surface area contributed by atoms with Gasteiger partial charge in [-0.15, -0.1) is 11.3 Å². The van der Waals surface area contributed by atoms with E-state index < -0.39 is 11.6 Å². The van der Waals surface area contributed by atoms with Crippen LogP contribution in [0.4, 0.5) is 13.9 Å². The molecular formula is C23H26F2N4O3S. The summed E-state index contributed by atoms with van der Waals surface area (Å²) in [5.41, 5.74) is 3.19. The lowest BCUT2D eigenvalue weighted by Crippen LogP contribution is -2.36. The molecule has 0 saturated carbocycles. The summed E-state index contributed by atoms with van der Waals surface area (Å²) in [5.74, 6) is -1.43. The van der Waals surface area contributed by atoms with Crippen molar-refractivity contribution in [3.63, 3.8) is 0 Å². The third-order valence-corrected chi connectivity index (χ3v) is 6.00. The Kier molecular flexibility index (Phi) is 7.96. The van der Waals surface area contributed by atoms with Gasteiger partial charge in [0.05, 0.1) is 26.0 Å². The van der Waals surface area contributed by atoms with Crippen LogP contribution < -0.4 is 9.64 Å². The highest BCUT2D eigenvalue weighted by Crippen LogP contribution is 2.38. The van der Waals surface area contributed by atoms with Crippen LogP contribution in [0.25, 0.3) is 33.4 Å². The van der Waals surface area contributed by atoms with Crippen molar-refractivity contribution >= 4 is 27.5 Å². The van der Waals surface area contributed by atoms with Gasteiger partial charge in [0.2, 0.25) is 0 Å². The maximum atomic E-state index is 14.2. The van der Waals surface area contributed by atoms with Crippen LogP contribution in [-0.2, 0) is 4.74 Å². The number of fused-ring (bicyclic) bond motifs is 1. The van der Waals surface area contributed by atoms with Gasteiger partial charge < -0.3 is 24.8 Å². The second kappa shape index (κ2) is 10.7. The molecule has 0 atom stereocenters. The highest BCUT2D eigenvalue weighted by molar-refractivity contribution is 7.14. The van der Waals surface area contributed by atoms with Gasteiger partial charge in [-0.25, -0.2) is 18.7 Å². The van der Waals surface area contributed by atoms with Crippen LogP contribution >= 0.6 is 11.3 Å². The first-order valence-electron chi connectivity index (χ1n) is 10.4. The van der Waals surface area contributed by atoms with Gasteiger partial charge >= 0.3 is 0 Å². The molecule has 1 saturated heterocycles. The number of methoxy groups -OCH3 is 1. The van der Waals surface area contributed by atoms with Gasteiger partial charge in [0, 0.05) is 59.0 Å². The van der Waals surface area contributed by atoms with Crippen LogP contribution in [0.15, 0.2) is 36.0 Å². The standard InChI is InChI=1S/C21H18F2N4O2S.C2H6.H2O/c1-28-19-14(7-13(22)8-17(19)23)16-10-25-20-15(16)6-12(9-24-20)18-11-30-21(26-18)27-2-4-29-5-3-27;1-2;/h6-11H,2-5H2,1H3,(H,24,25);1-2H3;1H2. The Balaban J connectivity index is 0.000000994. The molecule has 0 spiro atoms. The highest BCUT2D eigenvalue weighted by atomic mass is 32.1. The van der Waals surface area contributed by atoms with Crippen LogP contribution in [0, 0.1) is 11.6 Å². The lowest BCUT2D eigenvalue weighted by atomic mass is 10.0. The minimum absolute atomic E-state index is 0. The molecule has 176 valence electrons. The first kappa shape index (κ1) is 24.6. The van der Waals surface area contributed by atoms with Crippen LogP contribution in [-0.4, -0.2) is 53.8 Å². The Labute approximate surface area is 194 Å². The van der Waals surface area contributed by atoms with Crippen molar-refractivity contribution in [3.05, 3.63) is 47.6 Å². The van der Waals surface area contributed by atoms with E-state index in [0.717, 1.165) is 40.9 Å². The number of aromatic nitrogens is 3. The number of benzene rings is 1. The van der Waals surface area contributed by atoms with E-state index in [0.29, 0.717) is 30.0 Å². The number of morpholine rings is 1. The van der Waals surface area contributed by atoms with Crippen LogP contribution in [0.5, 0.6) is 5.75 Å². The summed E-state index contributed by atoms with van der Waals surface area (Å²) in [4.78, 5) is 14.5. The van der Waals surface area contributed by atoms with Gasteiger partial charge in [-0.2, -0.15) is 0 Å². The van der Waals surface area contributed by atoms with E-state index in [2.05, 4.69) is 14.9 Å². The summed E-state index contributed by atoms with van der Waals surface area (Å²) in [6, 6.07) is 3.99. The Morgan fingerprint density at radius 3 is 2.61 bits per heavy atom. The predicted molar refractivity (Wildman–Crippen MR) is 127 cm³/mol. The molecule has 7 nitrogen and oxygen atoms in total. The normalized spacial score (nSPS) is 13.3. The molecule has 1 fully saturated rings. The van der Waals surface area contributed by atoms with E-state index in [1.807, 2.05) is 25.3 Å². The van der Waals surface area contributed by atoms with Crippen molar-refractivity contribution in [2.45, 2.75) is 13.8 Å².